The predicted octanol–water partition coefficient (Wildman–Crippen LogP) is 4.56. The maximum absolute atomic E-state index is 12.8. The molecule has 1 fully saturated rings. The molecule has 182 valence electrons. The number of aromatic nitrogens is 3. The highest BCUT2D eigenvalue weighted by Crippen LogP contribution is 2.35. The first-order valence-corrected chi connectivity index (χ1v) is 11.0. The largest absolute Gasteiger partial charge is 0.405 e. The van der Waals surface area contributed by atoms with Crippen molar-refractivity contribution in [3.63, 3.8) is 0 Å². The van der Waals surface area contributed by atoms with Gasteiger partial charge in [0.2, 0.25) is 5.91 Å². The number of benzene rings is 1. The molecular formula is C23H27F3N6O2. The van der Waals surface area contributed by atoms with Gasteiger partial charge in [0.05, 0.1) is 5.52 Å². The Bertz CT molecular complexity index is 1210. The van der Waals surface area contributed by atoms with Crippen LogP contribution in [0.5, 0.6) is 0 Å². The van der Waals surface area contributed by atoms with E-state index in [4.69, 9.17) is 9.40 Å². The number of piperidine rings is 1. The minimum atomic E-state index is -4.32. The van der Waals surface area contributed by atoms with Crippen LogP contribution >= 0.6 is 0 Å². The van der Waals surface area contributed by atoms with Crippen molar-refractivity contribution in [1.29, 1.82) is 0 Å². The summed E-state index contributed by atoms with van der Waals surface area (Å²) in [5.41, 5.74) is 2.78. The summed E-state index contributed by atoms with van der Waals surface area (Å²) in [6.07, 6.45) is -3.23. The summed E-state index contributed by atoms with van der Waals surface area (Å²) in [7, 11) is 0. The molecule has 0 aliphatic carbocycles. The van der Waals surface area contributed by atoms with E-state index < -0.39 is 12.7 Å². The van der Waals surface area contributed by atoms with Gasteiger partial charge in [0, 0.05) is 30.1 Å². The van der Waals surface area contributed by atoms with Crippen LogP contribution in [0.1, 0.15) is 44.7 Å². The van der Waals surface area contributed by atoms with Gasteiger partial charge < -0.3 is 20.4 Å². The van der Waals surface area contributed by atoms with Crippen LogP contribution in [0.25, 0.3) is 22.5 Å². The van der Waals surface area contributed by atoms with E-state index >= 15 is 0 Å². The molecule has 0 saturated carbocycles. The van der Waals surface area contributed by atoms with Gasteiger partial charge in [-0.3, -0.25) is 4.79 Å². The summed E-state index contributed by atoms with van der Waals surface area (Å²) in [5.74, 6) is 0.248. The summed E-state index contributed by atoms with van der Waals surface area (Å²) >= 11 is 0. The highest BCUT2D eigenvalue weighted by atomic mass is 19.4. The Kier molecular flexibility index (Phi) is 6.13. The van der Waals surface area contributed by atoms with E-state index in [1.807, 2.05) is 27.7 Å². The maximum Gasteiger partial charge on any atom is 0.405 e. The molecule has 34 heavy (non-hydrogen) atoms. The number of carbonyl (C=O) groups is 1. The van der Waals surface area contributed by atoms with Gasteiger partial charge in [-0.15, -0.1) is 5.10 Å². The van der Waals surface area contributed by atoms with E-state index in [1.54, 1.807) is 18.2 Å². The number of carbonyl (C=O) groups excluding carboxylic acids is 1. The number of amides is 1. The van der Waals surface area contributed by atoms with Crippen LogP contribution in [0.3, 0.4) is 0 Å². The molecule has 3 N–H and O–H groups in total. The van der Waals surface area contributed by atoms with E-state index in [2.05, 4.69) is 26.1 Å². The number of aryl methyl sites for hydroxylation is 1. The zero-order valence-corrected chi connectivity index (χ0v) is 19.4. The lowest BCUT2D eigenvalue weighted by Crippen LogP contribution is -2.41. The van der Waals surface area contributed by atoms with Crippen LogP contribution in [0.2, 0.25) is 0 Å². The van der Waals surface area contributed by atoms with Crippen molar-refractivity contribution in [3.05, 3.63) is 29.3 Å². The van der Waals surface area contributed by atoms with Gasteiger partial charge in [-0.05, 0) is 48.1 Å². The molecule has 3 aromatic rings. The van der Waals surface area contributed by atoms with E-state index in [1.165, 1.54) is 0 Å². The molecule has 1 saturated heterocycles. The number of fused-ring (bicyclic) bond motifs is 1. The lowest BCUT2D eigenvalue weighted by Gasteiger charge is -2.23. The molecule has 3 heterocycles. The fourth-order valence-electron chi connectivity index (χ4n) is 3.89. The third-order valence-electron chi connectivity index (χ3n) is 5.66. The van der Waals surface area contributed by atoms with E-state index in [-0.39, 0.29) is 29.3 Å². The molecule has 1 atom stereocenters. The number of nitrogens with zero attached hydrogens (tertiary/aromatic N) is 3. The Morgan fingerprint density at radius 1 is 1.18 bits per heavy atom. The number of halogens is 3. The standard InChI is InChI=1S/C23H27F3N6O2/c1-12-7-17(20-31-32-21(34-20)29-13-5-6-18(33)27-10-13)30-19-15(12)8-14(28-11-23(24,25)26)9-16(19)22(2,3)4/h7-9,13,28H,5-6,10-11H2,1-4H3,(H,27,33)(H,29,32)/t13-/m0/s1. The Balaban J connectivity index is 1.67. The number of hydrogen-bond acceptors (Lipinski definition) is 7. The first kappa shape index (κ1) is 23.8. The highest BCUT2D eigenvalue weighted by Gasteiger charge is 2.28. The van der Waals surface area contributed by atoms with Crippen LogP contribution in [-0.4, -0.2) is 46.4 Å². The third-order valence-corrected chi connectivity index (χ3v) is 5.66. The Hall–Kier alpha value is -3.37. The topological polar surface area (TPSA) is 105 Å². The van der Waals surface area contributed by atoms with E-state index in [0.717, 1.165) is 16.5 Å². The van der Waals surface area contributed by atoms with Gasteiger partial charge in [-0.25, -0.2) is 4.98 Å². The fourth-order valence-corrected chi connectivity index (χ4v) is 3.89. The fraction of sp³-hybridized carbons (Fsp3) is 0.478. The van der Waals surface area contributed by atoms with Crippen molar-refractivity contribution in [1.82, 2.24) is 20.5 Å². The van der Waals surface area contributed by atoms with Gasteiger partial charge >= 0.3 is 12.2 Å². The molecule has 1 amide bonds. The molecule has 0 bridgehead atoms. The normalized spacial score (nSPS) is 17.0. The second-order valence-corrected chi connectivity index (χ2v) is 9.56. The van der Waals surface area contributed by atoms with Crippen LogP contribution in [-0.2, 0) is 10.2 Å². The van der Waals surface area contributed by atoms with Gasteiger partial charge in [0.15, 0.2) is 0 Å². The summed E-state index contributed by atoms with van der Waals surface area (Å²) in [4.78, 5) is 16.1. The zero-order chi connectivity index (χ0) is 24.7. The molecule has 1 aromatic carbocycles. The van der Waals surface area contributed by atoms with Crippen molar-refractivity contribution in [2.24, 2.45) is 0 Å². The van der Waals surface area contributed by atoms with Crippen LogP contribution in [0.15, 0.2) is 22.6 Å². The molecule has 0 spiro atoms. The molecule has 0 radical (unpaired) electrons. The Labute approximate surface area is 194 Å². The number of anilines is 2. The maximum atomic E-state index is 12.8. The van der Waals surface area contributed by atoms with Crippen molar-refractivity contribution in [2.45, 2.75) is 58.2 Å². The molecule has 4 rings (SSSR count). The van der Waals surface area contributed by atoms with Crippen molar-refractivity contribution >= 4 is 28.5 Å². The van der Waals surface area contributed by atoms with Gasteiger partial charge in [-0.1, -0.05) is 25.9 Å². The lowest BCUT2D eigenvalue weighted by molar-refractivity contribution is -0.122. The lowest BCUT2D eigenvalue weighted by atomic mass is 9.84. The summed E-state index contributed by atoms with van der Waals surface area (Å²) in [6.45, 7) is 7.18. The van der Waals surface area contributed by atoms with Crippen LogP contribution < -0.4 is 16.0 Å². The van der Waals surface area contributed by atoms with Crippen LogP contribution in [0.4, 0.5) is 24.9 Å². The summed E-state index contributed by atoms with van der Waals surface area (Å²) in [5, 5.41) is 17.3. The third kappa shape index (κ3) is 5.40. The number of alkyl halides is 3. The van der Waals surface area contributed by atoms with Gasteiger partial charge in [-0.2, -0.15) is 13.2 Å². The number of pyridine rings is 1. The average molecular weight is 477 g/mol. The summed E-state index contributed by atoms with van der Waals surface area (Å²) < 4.78 is 44.0. The number of hydrogen-bond donors (Lipinski definition) is 3. The van der Waals surface area contributed by atoms with Gasteiger partial charge in [0.1, 0.15) is 12.2 Å². The van der Waals surface area contributed by atoms with Crippen molar-refractivity contribution in [3.8, 4) is 11.6 Å². The Morgan fingerprint density at radius 3 is 2.59 bits per heavy atom. The van der Waals surface area contributed by atoms with Crippen LogP contribution in [0, 0.1) is 6.92 Å². The predicted molar refractivity (Wildman–Crippen MR) is 123 cm³/mol. The molecule has 11 heteroatoms. The molecule has 0 unspecified atom stereocenters. The van der Waals surface area contributed by atoms with Gasteiger partial charge in [0.25, 0.3) is 5.89 Å². The monoisotopic (exact) mass is 476 g/mol. The Morgan fingerprint density at radius 2 is 1.94 bits per heavy atom. The highest BCUT2D eigenvalue weighted by molar-refractivity contribution is 5.90. The quantitative estimate of drug-likeness (QED) is 0.496. The SMILES string of the molecule is Cc1cc(-c2nnc(N[C@H]3CCC(=O)NC3)o2)nc2c(C(C)(C)C)cc(NCC(F)(F)F)cc12. The molecular weight excluding hydrogens is 449 g/mol. The summed E-state index contributed by atoms with van der Waals surface area (Å²) in [6, 6.07) is 5.40. The average Bonchev–Trinajstić information content (AvgIpc) is 3.21. The van der Waals surface area contributed by atoms with E-state index in [9.17, 15) is 18.0 Å². The first-order chi connectivity index (χ1) is 15.9. The van der Waals surface area contributed by atoms with Crippen molar-refractivity contribution in [2.75, 3.05) is 23.7 Å². The number of nitrogens with one attached hydrogen (secondary N) is 3. The molecule has 1 aliphatic rings. The first-order valence-electron chi connectivity index (χ1n) is 11.0. The van der Waals surface area contributed by atoms with Crippen molar-refractivity contribution < 1.29 is 22.4 Å². The molecule has 2 aromatic heterocycles. The molecule has 1 aliphatic heterocycles. The zero-order valence-electron chi connectivity index (χ0n) is 19.4. The smallest absolute Gasteiger partial charge is 0.402 e. The minimum Gasteiger partial charge on any atom is -0.402 e. The second kappa shape index (κ2) is 8.77. The second-order valence-electron chi connectivity index (χ2n) is 9.56. The minimum absolute atomic E-state index is 0.00703. The van der Waals surface area contributed by atoms with E-state index in [0.29, 0.717) is 36.3 Å². The number of rotatable bonds is 5. The molecule has 8 nitrogen and oxygen atoms in total.